The van der Waals surface area contributed by atoms with E-state index >= 15 is 0 Å². The molecule has 2 aromatic heterocycles. The molecule has 0 radical (unpaired) electrons. The molecule has 0 spiro atoms. The van der Waals surface area contributed by atoms with Crippen molar-refractivity contribution >= 4 is 44.4 Å². The second-order valence-corrected chi connectivity index (χ2v) is 11.5. The Kier molecular flexibility index (Phi) is 6.05. The van der Waals surface area contributed by atoms with Crippen molar-refractivity contribution in [2.45, 2.75) is 57.2 Å². The van der Waals surface area contributed by atoms with E-state index in [-0.39, 0.29) is 11.3 Å². The van der Waals surface area contributed by atoms with Crippen molar-refractivity contribution in [2.75, 3.05) is 5.32 Å². The number of para-hydroxylation sites is 1. The van der Waals surface area contributed by atoms with E-state index in [1.165, 1.54) is 28.7 Å². The zero-order valence-electron chi connectivity index (χ0n) is 18.2. The Balaban J connectivity index is 1.49. The molecule has 0 aliphatic heterocycles. The highest BCUT2D eigenvalue weighted by Crippen LogP contribution is 2.38. The smallest absolute Gasteiger partial charge is 0.239 e. The first-order valence-electron chi connectivity index (χ1n) is 10.5. The van der Waals surface area contributed by atoms with Gasteiger partial charge in [0.2, 0.25) is 5.91 Å². The van der Waals surface area contributed by atoms with Crippen molar-refractivity contribution in [1.82, 2.24) is 9.97 Å². The van der Waals surface area contributed by atoms with Crippen LogP contribution in [0.2, 0.25) is 0 Å². The number of fused-ring (bicyclic) bond motifs is 2. The van der Waals surface area contributed by atoms with Gasteiger partial charge in [-0.2, -0.15) is 5.26 Å². The van der Waals surface area contributed by atoms with Gasteiger partial charge in [-0.05, 0) is 61.3 Å². The van der Waals surface area contributed by atoms with Crippen molar-refractivity contribution in [1.29, 1.82) is 5.26 Å². The molecule has 0 saturated heterocycles. The number of anilines is 1. The van der Waals surface area contributed by atoms with E-state index < -0.39 is 5.25 Å². The van der Waals surface area contributed by atoms with Crippen molar-refractivity contribution < 1.29 is 4.79 Å². The Morgan fingerprint density at radius 3 is 2.81 bits per heavy atom. The number of hydrogen-bond donors (Lipinski definition) is 1. The predicted octanol–water partition coefficient (Wildman–Crippen LogP) is 5.83. The van der Waals surface area contributed by atoms with Crippen LogP contribution >= 0.6 is 23.1 Å². The number of rotatable bonds is 4. The fourth-order valence-electron chi connectivity index (χ4n) is 3.91. The number of benzene rings is 1. The van der Waals surface area contributed by atoms with Crippen LogP contribution < -0.4 is 5.32 Å². The Bertz CT molecular complexity index is 1140. The number of hydrogen-bond acceptors (Lipinski definition) is 6. The first-order chi connectivity index (χ1) is 14.7. The van der Waals surface area contributed by atoms with Crippen LogP contribution in [0.5, 0.6) is 0 Å². The van der Waals surface area contributed by atoms with Gasteiger partial charge in [0.1, 0.15) is 11.1 Å². The average molecular weight is 451 g/mol. The standard InChI is InChI=1S/C24H26N4OS2/c1-14(21(29)28-23-27-19-7-5-6-8-20(19)31-23)30-22-16(13-25)11-15-12-17(24(2,3)4)9-10-18(15)26-22/h5-8,11,14,17H,9-10,12H2,1-4H3,(H,27,28,29). The predicted molar refractivity (Wildman–Crippen MR) is 127 cm³/mol. The van der Waals surface area contributed by atoms with Gasteiger partial charge < -0.3 is 5.32 Å². The third-order valence-corrected chi connectivity index (χ3v) is 7.93. The fourth-order valence-corrected chi connectivity index (χ4v) is 5.67. The van der Waals surface area contributed by atoms with Crippen LogP contribution in [-0.4, -0.2) is 21.1 Å². The second kappa shape index (κ2) is 8.60. The molecule has 2 atom stereocenters. The van der Waals surface area contributed by atoms with Crippen molar-refractivity contribution in [3.05, 3.63) is 47.2 Å². The monoisotopic (exact) mass is 450 g/mol. The molecule has 7 heteroatoms. The van der Waals surface area contributed by atoms with E-state index in [1.807, 2.05) is 37.3 Å². The molecule has 3 aromatic rings. The molecule has 1 aromatic carbocycles. The van der Waals surface area contributed by atoms with E-state index in [0.717, 1.165) is 35.2 Å². The molecule has 4 rings (SSSR count). The number of amides is 1. The van der Waals surface area contributed by atoms with Crippen LogP contribution in [0.1, 0.15) is 50.9 Å². The lowest BCUT2D eigenvalue weighted by molar-refractivity contribution is -0.115. The largest absolute Gasteiger partial charge is 0.301 e. The number of nitrogens with zero attached hydrogens (tertiary/aromatic N) is 3. The summed E-state index contributed by atoms with van der Waals surface area (Å²) in [5.41, 5.74) is 3.92. The molecule has 0 fully saturated rings. The van der Waals surface area contributed by atoms with Crippen LogP contribution in [0.3, 0.4) is 0 Å². The summed E-state index contributed by atoms with van der Waals surface area (Å²) in [6.45, 7) is 8.66. The van der Waals surface area contributed by atoms with E-state index in [1.54, 1.807) is 0 Å². The SMILES string of the molecule is CC(Sc1nc2c(cc1C#N)CC(C(C)(C)C)CC2)C(=O)Nc1nc2ccccc2s1. The molecule has 160 valence electrons. The Hall–Kier alpha value is -2.43. The molecular formula is C24H26N4OS2. The molecule has 1 aliphatic carbocycles. The van der Waals surface area contributed by atoms with Crippen molar-refractivity contribution in [3.8, 4) is 6.07 Å². The minimum absolute atomic E-state index is 0.139. The number of aryl methyl sites for hydroxylation is 1. The normalized spacial score (nSPS) is 17.1. The van der Waals surface area contributed by atoms with E-state index in [4.69, 9.17) is 4.98 Å². The average Bonchev–Trinajstić information content (AvgIpc) is 3.14. The van der Waals surface area contributed by atoms with Gasteiger partial charge >= 0.3 is 0 Å². The number of aromatic nitrogens is 2. The summed E-state index contributed by atoms with van der Waals surface area (Å²) in [4.78, 5) is 22.0. The number of nitrogens with one attached hydrogen (secondary N) is 1. The molecule has 2 unspecified atom stereocenters. The zero-order chi connectivity index (χ0) is 22.2. The maximum absolute atomic E-state index is 12.8. The number of carbonyl (C=O) groups excluding carboxylic acids is 1. The van der Waals surface area contributed by atoms with Crippen molar-refractivity contribution in [3.63, 3.8) is 0 Å². The molecule has 1 aliphatic rings. The fraction of sp³-hybridized carbons (Fsp3) is 0.417. The minimum Gasteiger partial charge on any atom is -0.301 e. The van der Waals surface area contributed by atoms with Gasteiger partial charge in [-0.3, -0.25) is 4.79 Å². The van der Waals surface area contributed by atoms with Crippen molar-refractivity contribution in [2.24, 2.45) is 11.3 Å². The number of thiazole rings is 1. The third-order valence-electron chi connectivity index (χ3n) is 5.88. The Morgan fingerprint density at radius 1 is 1.32 bits per heavy atom. The first kappa shape index (κ1) is 21.8. The van der Waals surface area contributed by atoms with Crippen LogP contribution in [-0.2, 0) is 17.6 Å². The Morgan fingerprint density at radius 2 is 2.10 bits per heavy atom. The van der Waals surface area contributed by atoms with E-state index in [2.05, 4.69) is 37.1 Å². The summed E-state index contributed by atoms with van der Waals surface area (Å²) < 4.78 is 1.04. The lowest BCUT2D eigenvalue weighted by Crippen LogP contribution is -2.27. The van der Waals surface area contributed by atoms with Crippen LogP contribution in [0.15, 0.2) is 35.4 Å². The summed E-state index contributed by atoms with van der Waals surface area (Å²) in [5, 5.41) is 13.4. The minimum atomic E-state index is -0.393. The zero-order valence-corrected chi connectivity index (χ0v) is 19.9. The molecule has 1 amide bonds. The summed E-state index contributed by atoms with van der Waals surface area (Å²) in [7, 11) is 0. The van der Waals surface area contributed by atoms with Gasteiger partial charge in [0.05, 0.1) is 21.0 Å². The van der Waals surface area contributed by atoms with Crippen LogP contribution in [0.25, 0.3) is 10.2 Å². The van der Waals surface area contributed by atoms with Gasteiger partial charge in [-0.25, -0.2) is 9.97 Å². The first-order valence-corrected chi connectivity index (χ1v) is 12.2. The van der Waals surface area contributed by atoms with Gasteiger partial charge in [-0.15, -0.1) is 0 Å². The molecule has 0 saturated carbocycles. The summed E-state index contributed by atoms with van der Waals surface area (Å²) in [6.07, 6.45) is 2.98. The van der Waals surface area contributed by atoms with Gasteiger partial charge in [0.15, 0.2) is 5.13 Å². The Labute approximate surface area is 191 Å². The van der Waals surface area contributed by atoms with Gasteiger partial charge in [-0.1, -0.05) is 56.0 Å². The molecule has 2 heterocycles. The number of pyridine rings is 1. The van der Waals surface area contributed by atoms with Gasteiger partial charge in [0, 0.05) is 5.69 Å². The molecule has 1 N–H and O–H groups in total. The third kappa shape index (κ3) is 4.76. The van der Waals surface area contributed by atoms with Gasteiger partial charge in [0.25, 0.3) is 0 Å². The highest BCUT2D eigenvalue weighted by atomic mass is 32.2. The lowest BCUT2D eigenvalue weighted by Gasteiger charge is -2.34. The number of thioether (sulfide) groups is 1. The quantitative estimate of drug-likeness (QED) is 0.506. The molecule has 5 nitrogen and oxygen atoms in total. The van der Waals surface area contributed by atoms with Crippen LogP contribution in [0, 0.1) is 22.7 Å². The summed E-state index contributed by atoms with van der Waals surface area (Å²) >= 11 is 2.80. The molecule has 31 heavy (non-hydrogen) atoms. The highest BCUT2D eigenvalue weighted by molar-refractivity contribution is 8.00. The van der Waals surface area contributed by atoms with Crippen LogP contribution in [0.4, 0.5) is 5.13 Å². The lowest BCUT2D eigenvalue weighted by atomic mass is 9.71. The topological polar surface area (TPSA) is 78.7 Å². The van der Waals surface area contributed by atoms with E-state index in [9.17, 15) is 10.1 Å². The molecule has 0 bridgehead atoms. The second-order valence-electron chi connectivity index (χ2n) is 9.10. The maximum Gasteiger partial charge on any atom is 0.239 e. The maximum atomic E-state index is 12.8. The summed E-state index contributed by atoms with van der Waals surface area (Å²) in [5.74, 6) is 0.450. The summed E-state index contributed by atoms with van der Waals surface area (Å²) in [6, 6.07) is 12.1. The molecular weight excluding hydrogens is 424 g/mol. The highest BCUT2D eigenvalue weighted by Gasteiger charge is 2.30. The number of nitriles is 1. The van der Waals surface area contributed by atoms with E-state index in [0.29, 0.717) is 21.6 Å². The number of carbonyl (C=O) groups is 1.